The lowest BCUT2D eigenvalue weighted by atomic mass is 9.91. The van der Waals surface area contributed by atoms with Gasteiger partial charge in [0.05, 0.1) is 17.9 Å². The number of alkyl carbamates (subject to hydrolysis) is 1. The summed E-state index contributed by atoms with van der Waals surface area (Å²) in [5.74, 6) is 0. The molecule has 0 spiro atoms. The second-order valence-electron chi connectivity index (χ2n) is 6.41. The molecule has 1 fully saturated rings. The number of ether oxygens (including phenoxy) is 1. The molecule has 0 saturated heterocycles. The number of rotatable bonds is 2. The Hall–Kier alpha value is -1.72. The quantitative estimate of drug-likeness (QED) is 0.872. The van der Waals surface area contributed by atoms with Crippen molar-refractivity contribution >= 4 is 11.8 Å². The average molecular weight is 280 g/mol. The van der Waals surface area contributed by atoms with Gasteiger partial charge in [-0.2, -0.15) is 5.10 Å². The monoisotopic (exact) mass is 280 g/mol. The maximum absolute atomic E-state index is 11.7. The first-order valence-corrected chi connectivity index (χ1v) is 7.12. The number of carbonyl (C=O) groups is 1. The second-order valence-corrected chi connectivity index (χ2v) is 6.41. The van der Waals surface area contributed by atoms with Gasteiger partial charge in [0, 0.05) is 12.2 Å². The molecule has 1 aromatic heterocycles. The van der Waals surface area contributed by atoms with E-state index in [1.807, 2.05) is 31.6 Å². The predicted molar refractivity (Wildman–Crippen MR) is 77.3 cm³/mol. The van der Waals surface area contributed by atoms with E-state index in [1.165, 1.54) is 0 Å². The van der Waals surface area contributed by atoms with E-state index < -0.39 is 5.60 Å². The lowest BCUT2D eigenvalue weighted by molar-refractivity contribution is 0.0487. The van der Waals surface area contributed by atoms with Gasteiger partial charge in [0.1, 0.15) is 5.60 Å². The molecule has 1 aromatic rings. The van der Waals surface area contributed by atoms with Crippen LogP contribution in [0.4, 0.5) is 10.5 Å². The van der Waals surface area contributed by atoms with Crippen LogP contribution in [0.1, 0.15) is 52.5 Å². The molecule has 1 heterocycles. The third-order valence-corrected chi connectivity index (χ3v) is 3.41. The smallest absolute Gasteiger partial charge is 0.407 e. The molecule has 0 radical (unpaired) electrons. The van der Waals surface area contributed by atoms with Crippen molar-refractivity contribution in [3.63, 3.8) is 0 Å². The lowest BCUT2D eigenvalue weighted by Gasteiger charge is -2.30. The van der Waals surface area contributed by atoms with Crippen LogP contribution < -0.4 is 11.1 Å². The highest BCUT2D eigenvalue weighted by Gasteiger charge is 2.25. The predicted octanol–water partition coefficient (Wildman–Crippen LogP) is 2.47. The highest BCUT2D eigenvalue weighted by atomic mass is 16.6. The fraction of sp³-hybridized carbons (Fsp3) is 0.714. The van der Waals surface area contributed by atoms with Crippen molar-refractivity contribution in [1.82, 2.24) is 15.1 Å². The Morgan fingerprint density at radius 1 is 1.40 bits per heavy atom. The number of amides is 1. The summed E-state index contributed by atoms with van der Waals surface area (Å²) in [5, 5.41) is 7.19. The molecule has 0 unspecified atom stereocenters. The van der Waals surface area contributed by atoms with Gasteiger partial charge in [0.25, 0.3) is 0 Å². The van der Waals surface area contributed by atoms with Crippen molar-refractivity contribution in [1.29, 1.82) is 0 Å². The van der Waals surface area contributed by atoms with Gasteiger partial charge in [-0.15, -0.1) is 0 Å². The summed E-state index contributed by atoms with van der Waals surface area (Å²) in [6.45, 7) is 5.60. The Morgan fingerprint density at radius 3 is 2.55 bits per heavy atom. The Morgan fingerprint density at radius 2 is 2.05 bits per heavy atom. The van der Waals surface area contributed by atoms with Gasteiger partial charge < -0.3 is 15.8 Å². The minimum atomic E-state index is -0.451. The van der Waals surface area contributed by atoms with Crippen LogP contribution in [0.3, 0.4) is 0 Å². The molecule has 1 aliphatic carbocycles. The Balaban J connectivity index is 1.78. The first-order valence-electron chi connectivity index (χ1n) is 7.12. The van der Waals surface area contributed by atoms with Crippen LogP contribution in [0.2, 0.25) is 0 Å². The summed E-state index contributed by atoms with van der Waals surface area (Å²) in [7, 11) is 0. The molecule has 0 atom stereocenters. The van der Waals surface area contributed by atoms with Crippen LogP contribution in [0.5, 0.6) is 0 Å². The summed E-state index contributed by atoms with van der Waals surface area (Å²) in [4.78, 5) is 11.7. The van der Waals surface area contributed by atoms with E-state index in [9.17, 15) is 4.79 Å². The fourth-order valence-electron chi connectivity index (χ4n) is 2.51. The van der Waals surface area contributed by atoms with Gasteiger partial charge in [-0.05, 0) is 46.5 Å². The van der Waals surface area contributed by atoms with Crippen LogP contribution in [0, 0.1) is 0 Å². The molecule has 1 saturated carbocycles. The van der Waals surface area contributed by atoms with Gasteiger partial charge in [-0.3, -0.25) is 4.68 Å². The van der Waals surface area contributed by atoms with Crippen molar-refractivity contribution in [2.75, 3.05) is 5.73 Å². The molecule has 0 aliphatic heterocycles. The van der Waals surface area contributed by atoms with E-state index in [1.54, 1.807) is 6.20 Å². The maximum Gasteiger partial charge on any atom is 0.407 e. The van der Waals surface area contributed by atoms with E-state index in [0.717, 1.165) is 25.7 Å². The van der Waals surface area contributed by atoms with Crippen molar-refractivity contribution in [3.8, 4) is 0 Å². The summed E-state index contributed by atoms with van der Waals surface area (Å²) < 4.78 is 7.20. The second kappa shape index (κ2) is 5.73. The highest BCUT2D eigenvalue weighted by molar-refractivity contribution is 5.68. The molecule has 6 nitrogen and oxygen atoms in total. The number of hydrogen-bond acceptors (Lipinski definition) is 4. The normalized spacial score (nSPS) is 23.4. The Labute approximate surface area is 119 Å². The number of anilines is 1. The van der Waals surface area contributed by atoms with Gasteiger partial charge in [0.2, 0.25) is 0 Å². The molecule has 112 valence electrons. The third-order valence-electron chi connectivity index (χ3n) is 3.41. The van der Waals surface area contributed by atoms with Gasteiger partial charge in [0.15, 0.2) is 0 Å². The van der Waals surface area contributed by atoms with Crippen molar-refractivity contribution < 1.29 is 9.53 Å². The van der Waals surface area contributed by atoms with Crippen molar-refractivity contribution in [2.45, 2.75) is 64.1 Å². The standard InChI is InChI=1S/C14H24N4O2/c1-14(2,3)20-13(19)17-11-4-6-12(7-5-11)18-9-10(15)8-16-18/h8-9,11-12H,4-7,15H2,1-3H3,(H,17,19)/t11-,12-. The van der Waals surface area contributed by atoms with Gasteiger partial charge >= 0.3 is 6.09 Å². The van der Waals surface area contributed by atoms with E-state index in [2.05, 4.69) is 10.4 Å². The molecule has 1 aliphatic rings. The molecular weight excluding hydrogens is 256 g/mol. The van der Waals surface area contributed by atoms with Gasteiger partial charge in [-0.1, -0.05) is 0 Å². The first kappa shape index (κ1) is 14.7. The molecule has 1 amide bonds. The number of nitrogens with two attached hydrogens (primary N) is 1. The van der Waals surface area contributed by atoms with E-state index in [0.29, 0.717) is 11.7 Å². The molecule has 20 heavy (non-hydrogen) atoms. The zero-order chi connectivity index (χ0) is 14.8. The summed E-state index contributed by atoms with van der Waals surface area (Å²) in [6.07, 6.45) is 7.05. The first-order chi connectivity index (χ1) is 9.33. The minimum absolute atomic E-state index is 0.189. The summed E-state index contributed by atoms with van der Waals surface area (Å²) >= 11 is 0. The van der Waals surface area contributed by atoms with Crippen LogP contribution >= 0.6 is 0 Å². The van der Waals surface area contributed by atoms with E-state index in [4.69, 9.17) is 10.5 Å². The van der Waals surface area contributed by atoms with Crippen LogP contribution in [0.15, 0.2) is 12.4 Å². The number of nitrogens with zero attached hydrogens (tertiary/aromatic N) is 2. The fourth-order valence-corrected chi connectivity index (χ4v) is 2.51. The van der Waals surface area contributed by atoms with Crippen LogP contribution in [0.25, 0.3) is 0 Å². The lowest BCUT2D eigenvalue weighted by Crippen LogP contribution is -2.41. The third kappa shape index (κ3) is 4.15. The molecule has 3 N–H and O–H groups in total. The minimum Gasteiger partial charge on any atom is -0.444 e. The van der Waals surface area contributed by atoms with Gasteiger partial charge in [-0.25, -0.2) is 4.79 Å². The zero-order valence-corrected chi connectivity index (χ0v) is 12.4. The summed E-state index contributed by atoms with van der Waals surface area (Å²) in [5.41, 5.74) is 5.92. The SMILES string of the molecule is CC(C)(C)OC(=O)N[C@H]1CC[C@H](n2cc(N)cn2)CC1. The average Bonchev–Trinajstić information content (AvgIpc) is 2.74. The van der Waals surface area contributed by atoms with Crippen molar-refractivity contribution in [2.24, 2.45) is 0 Å². The molecule has 6 heteroatoms. The Kier molecular flexibility index (Phi) is 4.20. The zero-order valence-electron chi connectivity index (χ0n) is 12.4. The highest BCUT2D eigenvalue weighted by Crippen LogP contribution is 2.28. The number of nitrogen functional groups attached to an aromatic ring is 1. The summed E-state index contributed by atoms with van der Waals surface area (Å²) in [6, 6.07) is 0.568. The van der Waals surface area contributed by atoms with Crippen LogP contribution in [-0.4, -0.2) is 27.5 Å². The maximum atomic E-state index is 11.7. The topological polar surface area (TPSA) is 82.2 Å². The number of hydrogen-bond donors (Lipinski definition) is 2. The van der Waals surface area contributed by atoms with E-state index >= 15 is 0 Å². The van der Waals surface area contributed by atoms with E-state index in [-0.39, 0.29) is 12.1 Å². The molecule has 0 aromatic carbocycles. The molecule has 0 bridgehead atoms. The molecular formula is C14H24N4O2. The number of carbonyl (C=O) groups excluding carboxylic acids is 1. The Bertz CT molecular complexity index is 456. The number of nitrogens with one attached hydrogen (secondary N) is 1. The molecule has 2 rings (SSSR count). The van der Waals surface area contributed by atoms with Crippen LogP contribution in [-0.2, 0) is 4.74 Å². The van der Waals surface area contributed by atoms with Crippen molar-refractivity contribution in [3.05, 3.63) is 12.4 Å². The largest absolute Gasteiger partial charge is 0.444 e. The number of aromatic nitrogens is 2.